The Kier molecular flexibility index (Phi) is 5.48. The number of fused-ring (bicyclic) bond motifs is 1. The number of hydrogen-bond donors (Lipinski definition) is 1. The molecule has 6 nitrogen and oxygen atoms in total. The van der Waals surface area contributed by atoms with Crippen LogP contribution in [-0.4, -0.2) is 28.0 Å². The van der Waals surface area contributed by atoms with Crippen molar-refractivity contribution < 1.29 is 36.3 Å². The number of esters is 1. The highest BCUT2D eigenvalue weighted by Crippen LogP contribution is 2.31. The van der Waals surface area contributed by atoms with Gasteiger partial charge in [-0.1, -0.05) is 12.1 Å². The SMILES string of the molecule is O=C(COC(=O)Cn1c(C(F)(F)F)nc2ccccc21)Nc1cc(F)ccc1F. The van der Waals surface area contributed by atoms with Crippen molar-refractivity contribution in [3.05, 3.63) is 59.9 Å². The number of carbonyl (C=O) groups is 2. The first-order valence-corrected chi connectivity index (χ1v) is 8.08. The van der Waals surface area contributed by atoms with Crippen LogP contribution in [0.2, 0.25) is 0 Å². The summed E-state index contributed by atoms with van der Waals surface area (Å²) in [6.45, 7) is -1.75. The molecule has 1 amide bonds. The van der Waals surface area contributed by atoms with Crippen molar-refractivity contribution >= 4 is 28.6 Å². The number of para-hydroxylation sites is 2. The Labute approximate surface area is 159 Å². The number of nitrogens with zero attached hydrogens (tertiary/aromatic N) is 2. The molecule has 0 radical (unpaired) electrons. The molecule has 0 aliphatic heterocycles. The van der Waals surface area contributed by atoms with Crippen LogP contribution in [0.15, 0.2) is 42.5 Å². The largest absolute Gasteiger partial charge is 0.454 e. The molecule has 29 heavy (non-hydrogen) atoms. The predicted octanol–water partition coefficient (Wildman–Crippen LogP) is 3.52. The molecule has 0 bridgehead atoms. The number of benzene rings is 2. The Morgan fingerprint density at radius 3 is 2.55 bits per heavy atom. The minimum Gasteiger partial charge on any atom is -0.454 e. The third-order valence-electron chi connectivity index (χ3n) is 3.76. The maximum atomic E-state index is 13.5. The van der Waals surface area contributed by atoms with Crippen LogP contribution in [0, 0.1) is 11.6 Å². The van der Waals surface area contributed by atoms with Crippen LogP contribution in [0.5, 0.6) is 0 Å². The third kappa shape index (κ3) is 4.68. The lowest BCUT2D eigenvalue weighted by atomic mass is 10.3. The van der Waals surface area contributed by atoms with Gasteiger partial charge in [0.15, 0.2) is 6.61 Å². The molecule has 0 atom stereocenters. The summed E-state index contributed by atoms with van der Waals surface area (Å²) in [5, 5.41) is 2.00. The smallest absolute Gasteiger partial charge is 0.449 e. The third-order valence-corrected chi connectivity index (χ3v) is 3.76. The number of aromatic nitrogens is 2. The lowest BCUT2D eigenvalue weighted by Gasteiger charge is -2.11. The maximum Gasteiger partial charge on any atom is 0.449 e. The Morgan fingerprint density at radius 1 is 1.10 bits per heavy atom. The second-order valence-corrected chi connectivity index (χ2v) is 5.84. The van der Waals surface area contributed by atoms with Crippen LogP contribution in [0.4, 0.5) is 27.6 Å². The summed E-state index contributed by atoms with van der Waals surface area (Å²) in [4.78, 5) is 27.2. The molecular weight excluding hydrogens is 401 g/mol. The number of rotatable bonds is 5. The number of hydrogen-bond acceptors (Lipinski definition) is 4. The van der Waals surface area contributed by atoms with E-state index in [2.05, 4.69) is 9.72 Å². The van der Waals surface area contributed by atoms with Gasteiger partial charge in [-0.15, -0.1) is 0 Å². The number of halogens is 5. The second kappa shape index (κ2) is 7.86. The molecule has 0 saturated carbocycles. The van der Waals surface area contributed by atoms with Gasteiger partial charge in [-0.05, 0) is 24.3 Å². The minimum absolute atomic E-state index is 0.0342. The minimum atomic E-state index is -4.81. The number of nitrogens with one attached hydrogen (secondary N) is 1. The lowest BCUT2D eigenvalue weighted by Crippen LogP contribution is -2.25. The summed E-state index contributed by atoms with van der Waals surface area (Å²) in [5.41, 5.74) is -0.374. The average molecular weight is 413 g/mol. The monoisotopic (exact) mass is 413 g/mol. The van der Waals surface area contributed by atoms with E-state index in [0.717, 1.165) is 18.2 Å². The van der Waals surface area contributed by atoms with Gasteiger partial charge in [-0.25, -0.2) is 13.8 Å². The van der Waals surface area contributed by atoms with Gasteiger partial charge in [-0.2, -0.15) is 13.2 Å². The van der Waals surface area contributed by atoms with Crippen LogP contribution in [0.1, 0.15) is 5.82 Å². The van der Waals surface area contributed by atoms with Crippen molar-refractivity contribution in [1.29, 1.82) is 0 Å². The Hall–Kier alpha value is -3.50. The van der Waals surface area contributed by atoms with Crippen molar-refractivity contribution in [3.8, 4) is 0 Å². The van der Waals surface area contributed by atoms with Gasteiger partial charge in [0.05, 0.1) is 16.7 Å². The Bertz CT molecular complexity index is 1080. The number of alkyl halides is 3. The van der Waals surface area contributed by atoms with E-state index >= 15 is 0 Å². The summed E-state index contributed by atoms with van der Waals surface area (Å²) in [7, 11) is 0. The van der Waals surface area contributed by atoms with E-state index in [-0.39, 0.29) is 11.0 Å². The maximum absolute atomic E-state index is 13.5. The molecule has 152 valence electrons. The van der Waals surface area contributed by atoms with Gasteiger partial charge in [0, 0.05) is 6.07 Å². The first kappa shape index (κ1) is 20.2. The zero-order valence-corrected chi connectivity index (χ0v) is 14.5. The van der Waals surface area contributed by atoms with Gasteiger partial charge in [0.2, 0.25) is 5.82 Å². The molecule has 0 aliphatic carbocycles. The molecule has 3 rings (SSSR count). The van der Waals surface area contributed by atoms with Crippen LogP contribution in [0.3, 0.4) is 0 Å². The van der Waals surface area contributed by atoms with Crippen LogP contribution >= 0.6 is 0 Å². The predicted molar refractivity (Wildman–Crippen MR) is 90.7 cm³/mol. The fourth-order valence-electron chi connectivity index (χ4n) is 2.55. The summed E-state index contributed by atoms with van der Waals surface area (Å²) in [6.07, 6.45) is -4.81. The molecule has 1 aromatic heterocycles. The molecule has 1 N–H and O–H groups in total. The number of ether oxygens (including phenoxy) is 1. The molecule has 1 heterocycles. The van der Waals surface area contributed by atoms with Gasteiger partial charge in [0.1, 0.15) is 18.2 Å². The van der Waals surface area contributed by atoms with E-state index in [4.69, 9.17) is 0 Å². The fourth-order valence-corrected chi connectivity index (χ4v) is 2.55. The first-order valence-electron chi connectivity index (χ1n) is 8.08. The number of anilines is 1. The molecule has 2 aromatic carbocycles. The molecular formula is C18H12F5N3O3. The van der Waals surface area contributed by atoms with E-state index in [1.165, 1.54) is 24.3 Å². The van der Waals surface area contributed by atoms with Crippen LogP contribution in [0.25, 0.3) is 11.0 Å². The zero-order valence-electron chi connectivity index (χ0n) is 14.5. The second-order valence-electron chi connectivity index (χ2n) is 5.84. The Balaban J connectivity index is 1.68. The average Bonchev–Trinajstić information content (AvgIpc) is 3.02. The lowest BCUT2D eigenvalue weighted by molar-refractivity contribution is -0.152. The molecule has 0 fully saturated rings. The zero-order chi connectivity index (χ0) is 21.2. The van der Waals surface area contributed by atoms with E-state index in [9.17, 15) is 31.5 Å². The quantitative estimate of drug-likeness (QED) is 0.513. The van der Waals surface area contributed by atoms with Crippen molar-refractivity contribution in [1.82, 2.24) is 9.55 Å². The summed E-state index contributed by atoms with van der Waals surface area (Å²) >= 11 is 0. The van der Waals surface area contributed by atoms with Crippen molar-refractivity contribution in [2.75, 3.05) is 11.9 Å². The van der Waals surface area contributed by atoms with Crippen molar-refractivity contribution in [3.63, 3.8) is 0 Å². The summed E-state index contributed by atoms with van der Waals surface area (Å²) < 4.78 is 71.4. The molecule has 0 saturated heterocycles. The molecule has 0 aliphatic rings. The van der Waals surface area contributed by atoms with Gasteiger partial charge in [0.25, 0.3) is 5.91 Å². The van der Waals surface area contributed by atoms with Crippen molar-refractivity contribution in [2.24, 2.45) is 0 Å². The van der Waals surface area contributed by atoms with E-state index in [1.54, 1.807) is 0 Å². The first-order chi connectivity index (χ1) is 13.6. The summed E-state index contributed by atoms with van der Waals surface area (Å²) in [6, 6.07) is 8.04. The normalized spacial score (nSPS) is 11.5. The van der Waals surface area contributed by atoms with Gasteiger partial charge < -0.3 is 14.6 Å². The number of amides is 1. The van der Waals surface area contributed by atoms with E-state index in [1.807, 2.05) is 5.32 Å². The van der Waals surface area contributed by atoms with E-state index < -0.39 is 54.4 Å². The van der Waals surface area contributed by atoms with Crippen LogP contribution in [-0.2, 0) is 27.0 Å². The van der Waals surface area contributed by atoms with E-state index in [0.29, 0.717) is 4.57 Å². The fraction of sp³-hybridized carbons (Fsp3) is 0.167. The standard InChI is InChI=1S/C18H12F5N3O3/c19-10-5-6-11(20)13(7-10)24-15(27)9-29-16(28)8-26-14-4-2-1-3-12(14)25-17(26)18(21,22)23/h1-7H,8-9H2,(H,24,27). The highest BCUT2D eigenvalue weighted by atomic mass is 19.4. The summed E-state index contributed by atoms with van der Waals surface area (Å²) in [5.74, 6) is -5.14. The Morgan fingerprint density at radius 2 is 1.83 bits per heavy atom. The number of carbonyl (C=O) groups excluding carboxylic acids is 2. The molecule has 3 aromatic rings. The highest BCUT2D eigenvalue weighted by Gasteiger charge is 2.38. The van der Waals surface area contributed by atoms with Crippen molar-refractivity contribution in [2.45, 2.75) is 12.7 Å². The molecule has 0 unspecified atom stereocenters. The highest BCUT2D eigenvalue weighted by molar-refractivity contribution is 5.93. The van der Waals surface area contributed by atoms with Gasteiger partial charge in [-0.3, -0.25) is 9.59 Å². The molecule has 11 heteroatoms. The number of imidazole rings is 1. The van der Waals surface area contributed by atoms with Crippen LogP contribution < -0.4 is 5.32 Å². The molecule has 0 spiro atoms. The van der Waals surface area contributed by atoms with Gasteiger partial charge >= 0.3 is 12.1 Å². The topological polar surface area (TPSA) is 73.2 Å².